The van der Waals surface area contributed by atoms with E-state index >= 15 is 0 Å². The first-order valence-electron chi connectivity index (χ1n) is 5.95. The predicted octanol–water partition coefficient (Wildman–Crippen LogP) is 3.44. The molecule has 0 aromatic carbocycles. The number of hydrogen-bond acceptors (Lipinski definition) is 3. The number of carbonyl (C=O) groups is 1. The standard InChI is InChI=1S/C14H18N2O2/c1-9-6-11-10(2)8-16(12(11)15-7-9)13(17)18-14(3,4)5/h6-8H,1-5H3. The van der Waals surface area contributed by atoms with E-state index in [1.54, 1.807) is 12.4 Å². The Morgan fingerprint density at radius 2 is 2.00 bits per heavy atom. The zero-order valence-corrected chi connectivity index (χ0v) is 11.4. The number of nitrogens with zero attached hydrogens (tertiary/aromatic N) is 2. The van der Waals surface area contributed by atoms with Crippen molar-refractivity contribution in [3.63, 3.8) is 0 Å². The lowest BCUT2D eigenvalue weighted by Gasteiger charge is -2.19. The van der Waals surface area contributed by atoms with Crippen LogP contribution in [0.4, 0.5) is 4.79 Å². The monoisotopic (exact) mass is 246 g/mol. The lowest BCUT2D eigenvalue weighted by molar-refractivity contribution is 0.0543. The van der Waals surface area contributed by atoms with Gasteiger partial charge in [0.25, 0.3) is 0 Å². The molecule has 4 nitrogen and oxygen atoms in total. The fraction of sp³-hybridized carbons (Fsp3) is 0.429. The summed E-state index contributed by atoms with van der Waals surface area (Å²) in [6, 6.07) is 2.03. The van der Waals surface area contributed by atoms with Gasteiger partial charge in [-0.1, -0.05) is 0 Å². The number of pyridine rings is 1. The lowest BCUT2D eigenvalue weighted by Crippen LogP contribution is -2.26. The van der Waals surface area contributed by atoms with Crippen LogP contribution in [0, 0.1) is 13.8 Å². The van der Waals surface area contributed by atoms with Crippen LogP contribution in [0.2, 0.25) is 0 Å². The molecule has 0 atom stereocenters. The third-order valence-electron chi connectivity index (χ3n) is 2.57. The Labute approximate surface area is 107 Å². The van der Waals surface area contributed by atoms with Gasteiger partial charge in [0.15, 0.2) is 0 Å². The Bertz CT molecular complexity index is 606. The third kappa shape index (κ3) is 2.37. The molecule has 0 aliphatic heterocycles. The highest BCUT2D eigenvalue weighted by atomic mass is 16.6. The average Bonchev–Trinajstić information content (AvgIpc) is 2.54. The van der Waals surface area contributed by atoms with Gasteiger partial charge < -0.3 is 4.74 Å². The van der Waals surface area contributed by atoms with Crippen molar-refractivity contribution in [3.8, 4) is 0 Å². The van der Waals surface area contributed by atoms with Gasteiger partial charge in [0.05, 0.1) is 0 Å². The molecule has 0 radical (unpaired) electrons. The van der Waals surface area contributed by atoms with E-state index in [1.807, 2.05) is 40.7 Å². The zero-order chi connectivity index (χ0) is 13.5. The van der Waals surface area contributed by atoms with Crippen LogP contribution in [0.25, 0.3) is 11.0 Å². The molecule has 0 bridgehead atoms. The van der Waals surface area contributed by atoms with Crippen LogP contribution >= 0.6 is 0 Å². The Kier molecular flexibility index (Phi) is 2.89. The Balaban J connectivity index is 2.49. The van der Waals surface area contributed by atoms with Gasteiger partial charge in [-0.25, -0.2) is 14.3 Å². The van der Waals surface area contributed by atoms with Crippen LogP contribution in [0.1, 0.15) is 31.9 Å². The van der Waals surface area contributed by atoms with Gasteiger partial charge in [-0.05, 0) is 51.8 Å². The van der Waals surface area contributed by atoms with Crippen LogP contribution < -0.4 is 0 Å². The molecule has 2 rings (SSSR count). The topological polar surface area (TPSA) is 44.1 Å². The highest BCUT2D eigenvalue weighted by Crippen LogP contribution is 2.21. The van der Waals surface area contributed by atoms with Gasteiger partial charge >= 0.3 is 6.09 Å². The number of aromatic nitrogens is 2. The molecule has 0 spiro atoms. The lowest BCUT2D eigenvalue weighted by atomic mass is 10.2. The van der Waals surface area contributed by atoms with E-state index in [0.29, 0.717) is 5.65 Å². The number of ether oxygens (including phenoxy) is 1. The summed E-state index contributed by atoms with van der Waals surface area (Å²) in [5.74, 6) is 0. The van der Waals surface area contributed by atoms with Gasteiger partial charge in [-0.2, -0.15) is 0 Å². The van der Waals surface area contributed by atoms with E-state index in [0.717, 1.165) is 16.5 Å². The van der Waals surface area contributed by atoms with E-state index < -0.39 is 11.7 Å². The van der Waals surface area contributed by atoms with Gasteiger partial charge in [-0.3, -0.25) is 0 Å². The molecule has 0 aliphatic rings. The summed E-state index contributed by atoms with van der Waals surface area (Å²) < 4.78 is 6.83. The molecule has 96 valence electrons. The molecule has 0 unspecified atom stereocenters. The fourth-order valence-electron chi connectivity index (χ4n) is 1.82. The second-order valence-corrected chi connectivity index (χ2v) is 5.55. The molecule has 0 N–H and O–H groups in total. The van der Waals surface area contributed by atoms with Gasteiger partial charge in [0, 0.05) is 17.8 Å². The maximum Gasteiger partial charge on any atom is 0.420 e. The number of hydrogen-bond donors (Lipinski definition) is 0. The number of rotatable bonds is 0. The maximum atomic E-state index is 12.1. The summed E-state index contributed by atoms with van der Waals surface area (Å²) in [6.45, 7) is 9.49. The molecule has 18 heavy (non-hydrogen) atoms. The van der Waals surface area contributed by atoms with E-state index in [-0.39, 0.29) is 0 Å². The second kappa shape index (κ2) is 4.12. The van der Waals surface area contributed by atoms with Crippen molar-refractivity contribution in [2.24, 2.45) is 0 Å². The molecule has 0 saturated heterocycles. The summed E-state index contributed by atoms with van der Waals surface area (Å²) in [5, 5.41) is 0.987. The summed E-state index contributed by atoms with van der Waals surface area (Å²) in [6.07, 6.45) is 3.13. The molecule has 0 amide bonds. The molecule has 2 aromatic rings. The summed E-state index contributed by atoms with van der Waals surface area (Å²) >= 11 is 0. The smallest absolute Gasteiger partial charge is 0.420 e. The summed E-state index contributed by atoms with van der Waals surface area (Å²) in [4.78, 5) is 16.4. The van der Waals surface area contributed by atoms with Crippen molar-refractivity contribution in [3.05, 3.63) is 29.6 Å². The van der Waals surface area contributed by atoms with Gasteiger partial charge in [0.1, 0.15) is 11.2 Å². The number of fused-ring (bicyclic) bond motifs is 1. The van der Waals surface area contributed by atoms with Gasteiger partial charge in [0.2, 0.25) is 0 Å². The zero-order valence-electron chi connectivity index (χ0n) is 11.4. The molecule has 4 heteroatoms. The van der Waals surface area contributed by atoms with Crippen molar-refractivity contribution in [2.45, 2.75) is 40.2 Å². The molecular formula is C14H18N2O2. The highest BCUT2D eigenvalue weighted by Gasteiger charge is 2.20. The van der Waals surface area contributed by atoms with E-state index in [2.05, 4.69) is 4.98 Å². The molecule has 0 aliphatic carbocycles. The SMILES string of the molecule is Cc1cnc2c(c1)c(C)cn2C(=O)OC(C)(C)C. The van der Waals surface area contributed by atoms with Crippen molar-refractivity contribution < 1.29 is 9.53 Å². The van der Waals surface area contributed by atoms with E-state index in [9.17, 15) is 4.79 Å². The van der Waals surface area contributed by atoms with Crippen molar-refractivity contribution in [1.29, 1.82) is 0 Å². The van der Waals surface area contributed by atoms with Crippen molar-refractivity contribution >= 4 is 17.1 Å². The number of carbonyl (C=O) groups excluding carboxylic acids is 1. The second-order valence-electron chi connectivity index (χ2n) is 5.55. The van der Waals surface area contributed by atoms with Crippen molar-refractivity contribution in [1.82, 2.24) is 9.55 Å². The van der Waals surface area contributed by atoms with Crippen LogP contribution in [0.3, 0.4) is 0 Å². The normalized spacial score (nSPS) is 11.8. The van der Waals surface area contributed by atoms with Crippen LogP contribution in [0.5, 0.6) is 0 Å². The largest absolute Gasteiger partial charge is 0.443 e. The minimum absolute atomic E-state index is 0.392. The molecule has 2 aromatic heterocycles. The predicted molar refractivity (Wildman–Crippen MR) is 70.8 cm³/mol. The van der Waals surface area contributed by atoms with Crippen LogP contribution in [-0.2, 0) is 4.74 Å². The Morgan fingerprint density at radius 1 is 1.33 bits per heavy atom. The minimum Gasteiger partial charge on any atom is -0.443 e. The Hall–Kier alpha value is -1.84. The highest BCUT2D eigenvalue weighted by molar-refractivity contribution is 5.89. The summed E-state index contributed by atoms with van der Waals surface area (Å²) in [7, 11) is 0. The van der Waals surface area contributed by atoms with E-state index in [4.69, 9.17) is 4.74 Å². The third-order valence-corrected chi connectivity index (χ3v) is 2.57. The quantitative estimate of drug-likeness (QED) is 0.715. The first-order chi connectivity index (χ1) is 8.28. The molecule has 0 saturated carbocycles. The molecule has 2 heterocycles. The Morgan fingerprint density at radius 3 is 2.61 bits per heavy atom. The van der Waals surface area contributed by atoms with Crippen LogP contribution in [-0.4, -0.2) is 21.2 Å². The maximum absolute atomic E-state index is 12.1. The first kappa shape index (κ1) is 12.6. The summed E-state index contributed by atoms with van der Waals surface area (Å²) in [5.41, 5.74) is 2.23. The van der Waals surface area contributed by atoms with Crippen molar-refractivity contribution in [2.75, 3.05) is 0 Å². The minimum atomic E-state index is -0.508. The first-order valence-corrected chi connectivity index (χ1v) is 5.95. The van der Waals surface area contributed by atoms with Crippen LogP contribution in [0.15, 0.2) is 18.5 Å². The molecular weight excluding hydrogens is 228 g/mol. The number of aryl methyl sites for hydroxylation is 2. The fourth-order valence-corrected chi connectivity index (χ4v) is 1.82. The average molecular weight is 246 g/mol. The van der Waals surface area contributed by atoms with Gasteiger partial charge in [-0.15, -0.1) is 0 Å². The van der Waals surface area contributed by atoms with E-state index in [1.165, 1.54) is 4.57 Å². The molecule has 0 fully saturated rings.